The molecule has 1 aromatic carbocycles. The molecule has 2 aromatic rings. The Kier molecular flexibility index (Phi) is 3.42. The Morgan fingerprint density at radius 2 is 2.00 bits per heavy atom. The Morgan fingerprint density at radius 1 is 1.26 bits per heavy atom. The molecule has 4 heteroatoms. The van der Waals surface area contributed by atoms with Crippen LogP contribution in [0.2, 0.25) is 0 Å². The van der Waals surface area contributed by atoms with Gasteiger partial charge in [-0.2, -0.15) is 0 Å². The molecule has 1 aromatic heterocycles. The van der Waals surface area contributed by atoms with E-state index in [1.807, 2.05) is 24.3 Å². The van der Waals surface area contributed by atoms with Crippen molar-refractivity contribution >= 4 is 11.1 Å². The first-order chi connectivity index (χ1) is 9.25. The average Bonchev–Trinajstić information content (AvgIpc) is 2.76. The van der Waals surface area contributed by atoms with E-state index in [1.165, 1.54) is 32.1 Å². The number of aromatic nitrogens is 1. The lowest BCUT2D eigenvalue weighted by molar-refractivity contribution is 0.151. The lowest BCUT2D eigenvalue weighted by atomic mass is 9.95. The van der Waals surface area contributed by atoms with Crippen LogP contribution in [0, 0.1) is 0 Å². The monoisotopic (exact) mass is 260 g/mol. The van der Waals surface area contributed by atoms with E-state index in [1.54, 1.807) is 4.57 Å². The van der Waals surface area contributed by atoms with E-state index in [0.29, 0.717) is 18.3 Å². The van der Waals surface area contributed by atoms with Crippen LogP contribution in [-0.2, 0) is 6.67 Å². The maximum Gasteiger partial charge on any atom is 0.421 e. The summed E-state index contributed by atoms with van der Waals surface area (Å²) in [5.74, 6) is -0.260. The minimum Gasteiger partial charge on any atom is -0.408 e. The van der Waals surface area contributed by atoms with Crippen molar-refractivity contribution in [1.29, 1.82) is 0 Å². The minimum absolute atomic E-state index is 0.260. The van der Waals surface area contributed by atoms with Crippen molar-refractivity contribution in [2.24, 2.45) is 0 Å². The molecule has 102 valence electrons. The molecular formula is C15H20N2O2. The van der Waals surface area contributed by atoms with Crippen LogP contribution < -0.4 is 5.76 Å². The van der Waals surface area contributed by atoms with Gasteiger partial charge in [-0.25, -0.2) is 4.79 Å². The van der Waals surface area contributed by atoms with Crippen LogP contribution in [0.3, 0.4) is 0 Å². The summed E-state index contributed by atoms with van der Waals surface area (Å²) in [5.41, 5.74) is 1.56. The van der Waals surface area contributed by atoms with Crippen LogP contribution in [-0.4, -0.2) is 22.6 Å². The average molecular weight is 260 g/mol. The van der Waals surface area contributed by atoms with Gasteiger partial charge in [0, 0.05) is 6.04 Å². The van der Waals surface area contributed by atoms with Gasteiger partial charge in [0.1, 0.15) is 0 Å². The lowest BCUT2D eigenvalue weighted by Gasteiger charge is -2.31. The fraction of sp³-hybridized carbons (Fsp3) is 0.533. The van der Waals surface area contributed by atoms with Crippen LogP contribution in [0.1, 0.15) is 32.1 Å². The highest BCUT2D eigenvalue weighted by Crippen LogP contribution is 2.22. The first-order valence-corrected chi connectivity index (χ1v) is 7.04. The molecule has 0 saturated heterocycles. The van der Waals surface area contributed by atoms with E-state index in [4.69, 9.17) is 4.42 Å². The van der Waals surface area contributed by atoms with Gasteiger partial charge in [-0.15, -0.1) is 0 Å². The summed E-state index contributed by atoms with van der Waals surface area (Å²) in [4.78, 5) is 14.2. The second-order valence-electron chi connectivity index (χ2n) is 5.45. The maximum absolute atomic E-state index is 11.9. The predicted octanol–water partition coefficient (Wildman–Crippen LogP) is 2.82. The molecule has 0 spiro atoms. The number of hydrogen-bond donors (Lipinski definition) is 0. The number of oxazole rings is 1. The standard InChI is InChI=1S/C15H20N2O2/c1-16(12-7-3-2-4-8-12)11-17-13-9-5-6-10-14(13)19-15(17)18/h5-6,9-10,12H,2-4,7-8,11H2,1H3. The highest BCUT2D eigenvalue weighted by atomic mass is 16.4. The molecule has 1 aliphatic rings. The highest BCUT2D eigenvalue weighted by molar-refractivity contribution is 5.72. The summed E-state index contributed by atoms with van der Waals surface area (Å²) in [6.07, 6.45) is 6.42. The Morgan fingerprint density at radius 3 is 2.79 bits per heavy atom. The zero-order valence-corrected chi connectivity index (χ0v) is 11.3. The first-order valence-electron chi connectivity index (χ1n) is 7.04. The predicted molar refractivity (Wildman–Crippen MR) is 75.1 cm³/mol. The van der Waals surface area contributed by atoms with Gasteiger partial charge >= 0.3 is 5.76 Å². The van der Waals surface area contributed by atoms with Crippen molar-refractivity contribution in [2.45, 2.75) is 44.8 Å². The van der Waals surface area contributed by atoms with Gasteiger partial charge in [-0.1, -0.05) is 31.4 Å². The van der Waals surface area contributed by atoms with E-state index < -0.39 is 0 Å². The van der Waals surface area contributed by atoms with Crippen molar-refractivity contribution < 1.29 is 4.42 Å². The fourth-order valence-electron chi connectivity index (χ4n) is 3.01. The number of fused-ring (bicyclic) bond motifs is 1. The van der Waals surface area contributed by atoms with Crippen molar-refractivity contribution in [3.8, 4) is 0 Å². The summed E-state index contributed by atoms with van der Waals surface area (Å²) in [6, 6.07) is 8.20. The van der Waals surface area contributed by atoms with E-state index >= 15 is 0 Å². The Labute approximate surface area is 112 Å². The van der Waals surface area contributed by atoms with Crippen LogP contribution in [0.15, 0.2) is 33.5 Å². The van der Waals surface area contributed by atoms with E-state index in [2.05, 4.69) is 11.9 Å². The summed E-state index contributed by atoms with van der Waals surface area (Å²) in [5, 5.41) is 0. The van der Waals surface area contributed by atoms with Gasteiger partial charge in [0.15, 0.2) is 5.58 Å². The third-order valence-electron chi connectivity index (χ3n) is 4.14. The number of nitrogens with zero attached hydrogens (tertiary/aromatic N) is 2. The van der Waals surface area contributed by atoms with Gasteiger partial charge in [0.05, 0.1) is 12.2 Å². The molecule has 19 heavy (non-hydrogen) atoms. The third kappa shape index (κ3) is 2.45. The zero-order valence-electron chi connectivity index (χ0n) is 11.3. The SMILES string of the molecule is CN(Cn1c(=O)oc2ccccc21)C1CCCCC1. The molecule has 0 aliphatic heterocycles. The van der Waals surface area contributed by atoms with Gasteiger partial charge in [-0.3, -0.25) is 9.47 Å². The molecule has 3 rings (SSSR count). The molecule has 1 aliphatic carbocycles. The largest absolute Gasteiger partial charge is 0.421 e. The smallest absolute Gasteiger partial charge is 0.408 e. The molecule has 4 nitrogen and oxygen atoms in total. The normalized spacial score (nSPS) is 17.4. The second kappa shape index (κ2) is 5.21. The topological polar surface area (TPSA) is 38.4 Å². The lowest BCUT2D eigenvalue weighted by Crippen LogP contribution is -2.37. The van der Waals surface area contributed by atoms with Gasteiger partial charge < -0.3 is 4.42 Å². The Bertz CT molecular complexity index is 608. The molecule has 1 heterocycles. The first kappa shape index (κ1) is 12.5. The molecule has 0 atom stereocenters. The van der Waals surface area contributed by atoms with Gasteiger partial charge in [-0.05, 0) is 32.0 Å². The minimum atomic E-state index is -0.260. The number of rotatable bonds is 3. The summed E-state index contributed by atoms with van der Waals surface area (Å²) in [6.45, 7) is 0.612. The van der Waals surface area contributed by atoms with E-state index in [0.717, 1.165) is 5.52 Å². The maximum atomic E-state index is 11.9. The molecule has 0 radical (unpaired) electrons. The molecule has 0 unspecified atom stereocenters. The van der Waals surface area contributed by atoms with Crippen molar-refractivity contribution in [3.05, 3.63) is 34.8 Å². The van der Waals surface area contributed by atoms with Crippen LogP contribution in [0.5, 0.6) is 0 Å². The molecular weight excluding hydrogens is 240 g/mol. The molecule has 1 saturated carbocycles. The second-order valence-corrected chi connectivity index (χ2v) is 5.45. The van der Waals surface area contributed by atoms with Gasteiger partial charge in [0.25, 0.3) is 0 Å². The molecule has 0 bridgehead atoms. The summed E-state index contributed by atoms with van der Waals surface area (Å²) in [7, 11) is 2.10. The van der Waals surface area contributed by atoms with Gasteiger partial charge in [0.2, 0.25) is 0 Å². The van der Waals surface area contributed by atoms with Crippen molar-refractivity contribution in [3.63, 3.8) is 0 Å². The van der Waals surface area contributed by atoms with Crippen LogP contribution in [0.4, 0.5) is 0 Å². The van der Waals surface area contributed by atoms with Crippen molar-refractivity contribution in [2.75, 3.05) is 7.05 Å². The Balaban J connectivity index is 1.84. The Hall–Kier alpha value is -1.55. The quantitative estimate of drug-likeness (QED) is 0.851. The number of benzene rings is 1. The third-order valence-corrected chi connectivity index (χ3v) is 4.14. The number of para-hydroxylation sites is 2. The van der Waals surface area contributed by atoms with Crippen LogP contribution in [0.25, 0.3) is 11.1 Å². The molecule has 0 amide bonds. The van der Waals surface area contributed by atoms with E-state index in [9.17, 15) is 4.79 Å². The molecule has 0 N–H and O–H groups in total. The van der Waals surface area contributed by atoms with E-state index in [-0.39, 0.29) is 5.76 Å². The summed E-state index contributed by atoms with van der Waals surface area (Å²) >= 11 is 0. The zero-order chi connectivity index (χ0) is 13.2. The molecule has 1 fully saturated rings. The highest BCUT2D eigenvalue weighted by Gasteiger charge is 2.19. The number of hydrogen-bond acceptors (Lipinski definition) is 3. The fourth-order valence-corrected chi connectivity index (χ4v) is 3.01. The van der Waals surface area contributed by atoms with Crippen molar-refractivity contribution in [1.82, 2.24) is 9.47 Å². The van der Waals surface area contributed by atoms with Crippen LogP contribution >= 0.6 is 0 Å². The summed E-state index contributed by atoms with van der Waals surface area (Å²) < 4.78 is 6.99.